The van der Waals surface area contributed by atoms with E-state index in [0.29, 0.717) is 12.0 Å². The number of hydrogen-bond donors (Lipinski definition) is 0. The molecule has 19 heavy (non-hydrogen) atoms. The average Bonchev–Trinajstić information content (AvgIpc) is 2.97. The van der Waals surface area contributed by atoms with Gasteiger partial charge >= 0.3 is 5.63 Å². The standard InChI is InChI=1S/C15H16O4/c1-15(2)12(19-15)8-10-11(17-3)6-4-9-5-7-13(16)18-14(9)10/h4-7,12H,8H2,1-3H3/t12-/m1/s1. The van der Waals surface area contributed by atoms with Crippen LogP contribution in [0.1, 0.15) is 19.4 Å². The summed E-state index contributed by atoms with van der Waals surface area (Å²) in [5, 5.41) is 0.897. The van der Waals surface area contributed by atoms with Gasteiger partial charge in [0.05, 0.1) is 18.8 Å². The van der Waals surface area contributed by atoms with Crippen LogP contribution in [0.5, 0.6) is 5.75 Å². The van der Waals surface area contributed by atoms with Crippen molar-refractivity contribution in [1.82, 2.24) is 0 Å². The Bertz CT molecular complexity index is 684. The van der Waals surface area contributed by atoms with Crippen molar-refractivity contribution in [2.75, 3.05) is 7.11 Å². The molecule has 0 spiro atoms. The first kappa shape index (κ1) is 12.2. The fourth-order valence-electron chi connectivity index (χ4n) is 2.36. The number of methoxy groups -OCH3 is 1. The highest BCUT2D eigenvalue weighted by molar-refractivity contribution is 5.82. The van der Waals surface area contributed by atoms with Gasteiger partial charge in [0, 0.05) is 23.4 Å². The summed E-state index contributed by atoms with van der Waals surface area (Å²) in [5.41, 5.74) is 1.03. The lowest BCUT2D eigenvalue weighted by Gasteiger charge is -2.10. The van der Waals surface area contributed by atoms with E-state index in [4.69, 9.17) is 13.9 Å². The lowest BCUT2D eigenvalue weighted by Crippen LogP contribution is -2.08. The van der Waals surface area contributed by atoms with Crippen molar-refractivity contribution in [3.63, 3.8) is 0 Å². The molecule has 100 valence electrons. The summed E-state index contributed by atoms with van der Waals surface area (Å²) >= 11 is 0. The second-order valence-corrected chi connectivity index (χ2v) is 5.33. The van der Waals surface area contributed by atoms with Gasteiger partial charge in [0.15, 0.2) is 0 Å². The van der Waals surface area contributed by atoms with Crippen LogP contribution in [0, 0.1) is 0 Å². The van der Waals surface area contributed by atoms with Gasteiger partial charge in [-0.05, 0) is 32.0 Å². The zero-order valence-corrected chi connectivity index (χ0v) is 11.2. The SMILES string of the molecule is COc1ccc2ccc(=O)oc2c1C[C@H]1OC1(C)C. The fraction of sp³-hybridized carbons (Fsp3) is 0.400. The predicted octanol–water partition coefficient (Wildman–Crippen LogP) is 2.52. The lowest BCUT2D eigenvalue weighted by molar-refractivity contribution is 0.322. The van der Waals surface area contributed by atoms with Gasteiger partial charge in [-0.15, -0.1) is 0 Å². The minimum atomic E-state index is -0.349. The molecule has 2 aromatic rings. The van der Waals surface area contributed by atoms with Crippen LogP contribution in [0.15, 0.2) is 33.5 Å². The Balaban J connectivity index is 2.13. The van der Waals surface area contributed by atoms with Crippen LogP contribution in [0.3, 0.4) is 0 Å². The largest absolute Gasteiger partial charge is 0.496 e. The van der Waals surface area contributed by atoms with E-state index >= 15 is 0 Å². The molecule has 1 aromatic carbocycles. The third-order valence-electron chi connectivity index (χ3n) is 3.62. The molecule has 0 saturated carbocycles. The number of fused-ring (bicyclic) bond motifs is 1. The number of ether oxygens (including phenoxy) is 2. The van der Waals surface area contributed by atoms with E-state index in [-0.39, 0.29) is 17.3 Å². The first-order chi connectivity index (χ1) is 9.01. The molecule has 0 N–H and O–H groups in total. The molecule has 0 unspecified atom stereocenters. The summed E-state index contributed by atoms with van der Waals surface area (Å²) in [7, 11) is 1.62. The van der Waals surface area contributed by atoms with Crippen molar-refractivity contribution in [3.05, 3.63) is 40.2 Å². The minimum absolute atomic E-state index is 0.109. The van der Waals surface area contributed by atoms with Crippen LogP contribution in [0.2, 0.25) is 0 Å². The van der Waals surface area contributed by atoms with E-state index in [1.165, 1.54) is 6.07 Å². The second-order valence-electron chi connectivity index (χ2n) is 5.33. The highest BCUT2D eigenvalue weighted by Gasteiger charge is 2.48. The average molecular weight is 260 g/mol. The Labute approximate surface area is 110 Å². The van der Waals surface area contributed by atoms with E-state index < -0.39 is 0 Å². The molecule has 4 heteroatoms. The fourth-order valence-corrected chi connectivity index (χ4v) is 2.36. The minimum Gasteiger partial charge on any atom is -0.496 e. The molecule has 0 bridgehead atoms. The summed E-state index contributed by atoms with van der Waals surface area (Å²) in [4.78, 5) is 11.4. The normalized spacial score (nSPS) is 20.5. The van der Waals surface area contributed by atoms with Crippen molar-refractivity contribution in [3.8, 4) is 5.75 Å². The van der Waals surface area contributed by atoms with Gasteiger partial charge in [-0.1, -0.05) is 0 Å². The van der Waals surface area contributed by atoms with Gasteiger partial charge in [0.2, 0.25) is 0 Å². The van der Waals surface area contributed by atoms with E-state index in [9.17, 15) is 4.79 Å². The van der Waals surface area contributed by atoms with E-state index in [1.807, 2.05) is 26.0 Å². The molecule has 1 saturated heterocycles. The van der Waals surface area contributed by atoms with Crippen LogP contribution in [0.4, 0.5) is 0 Å². The molecule has 0 amide bonds. The molecule has 2 heterocycles. The van der Waals surface area contributed by atoms with Gasteiger partial charge in [-0.3, -0.25) is 0 Å². The third-order valence-corrected chi connectivity index (χ3v) is 3.62. The zero-order valence-electron chi connectivity index (χ0n) is 11.2. The number of hydrogen-bond acceptors (Lipinski definition) is 4. The highest BCUT2D eigenvalue weighted by atomic mass is 16.6. The highest BCUT2D eigenvalue weighted by Crippen LogP contribution is 2.40. The van der Waals surface area contributed by atoms with Crippen molar-refractivity contribution >= 4 is 11.0 Å². The van der Waals surface area contributed by atoms with Crippen molar-refractivity contribution in [1.29, 1.82) is 0 Å². The number of rotatable bonds is 3. The molecule has 1 fully saturated rings. The van der Waals surface area contributed by atoms with Gasteiger partial charge in [-0.25, -0.2) is 4.79 Å². The smallest absolute Gasteiger partial charge is 0.336 e. The van der Waals surface area contributed by atoms with Crippen LogP contribution >= 0.6 is 0 Å². The first-order valence-electron chi connectivity index (χ1n) is 6.29. The van der Waals surface area contributed by atoms with E-state index in [1.54, 1.807) is 13.2 Å². The molecular weight excluding hydrogens is 244 g/mol. The zero-order chi connectivity index (χ0) is 13.6. The number of epoxide rings is 1. The molecule has 1 aliphatic heterocycles. The van der Waals surface area contributed by atoms with E-state index in [2.05, 4.69) is 0 Å². The quantitative estimate of drug-likeness (QED) is 0.628. The van der Waals surface area contributed by atoms with Crippen molar-refractivity contribution in [2.45, 2.75) is 32.0 Å². The molecule has 1 aliphatic rings. The molecular formula is C15H16O4. The van der Waals surface area contributed by atoms with Crippen LogP contribution in [0.25, 0.3) is 11.0 Å². The van der Waals surface area contributed by atoms with Crippen LogP contribution in [-0.2, 0) is 11.2 Å². The van der Waals surface area contributed by atoms with Gasteiger partial charge < -0.3 is 13.9 Å². The Morgan fingerprint density at radius 1 is 1.26 bits per heavy atom. The summed E-state index contributed by atoms with van der Waals surface area (Å²) < 4.78 is 16.3. The first-order valence-corrected chi connectivity index (χ1v) is 6.29. The second kappa shape index (κ2) is 4.10. The Morgan fingerprint density at radius 3 is 2.58 bits per heavy atom. The monoisotopic (exact) mass is 260 g/mol. The number of benzene rings is 1. The molecule has 3 rings (SSSR count). The van der Waals surface area contributed by atoms with Crippen LogP contribution in [-0.4, -0.2) is 18.8 Å². The van der Waals surface area contributed by atoms with E-state index in [0.717, 1.165) is 16.7 Å². The van der Waals surface area contributed by atoms with Crippen LogP contribution < -0.4 is 10.4 Å². The Morgan fingerprint density at radius 2 is 1.95 bits per heavy atom. The van der Waals surface area contributed by atoms with Gasteiger partial charge in [-0.2, -0.15) is 0 Å². The maximum absolute atomic E-state index is 11.4. The van der Waals surface area contributed by atoms with Gasteiger partial charge in [0.25, 0.3) is 0 Å². The molecule has 0 radical (unpaired) electrons. The Hall–Kier alpha value is -1.81. The molecule has 4 nitrogen and oxygen atoms in total. The summed E-state index contributed by atoms with van der Waals surface area (Å²) in [6, 6.07) is 6.98. The lowest BCUT2D eigenvalue weighted by atomic mass is 10.00. The van der Waals surface area contributed by atoms with Gasteiger partial charge in [0.1, 0.15) is 11.3 Å². The summed E-state index contributed by atoms with van der Waals surface area (Å²) in [6.45, 7) is 4.09. The summed E-state index contributed by atoms with van der Waals surface area (Å²) in [5.74, 6) is 0.730. The maximum atomic E-state index is 11.4. The maximum Gasteiger partial charge on any atom is 0.336 e. The molecule has 1 atom stereocenters. The molecule has 0 aliphatic carbocycles. The topological polar surface area (TPSA) is 52.0 Å². The third kappa shape index (κ3) is 2.12. The summed E-state index contributed by atoms with van der Waals surface area (Å²) in [6.07, 6.45) is 0.818. The molecule has 1 aromatic heterocycles. The predicted molar refractivity (Wildman–Crippen MR) is 71.7 cm³/mol. The van der Waals surface area contributed by atoms with Crippen molar-refractivity contribution < 1.29 is 13.9 Å². The Kier molecular flexibility index (Phi) is 2.64. The van der Waals surface area contributed by atoms with Crippen molar-refractivity contribution in [2.24, 2.45) is 0 Å².